The zero-order chi connectivity index (χ0) is 19.8. The summed E-state index contributed by atoms with van der Waals surface area (Å²) in [5.41, 5.74) is 7.20. The number of rotatable bonds is 5. The van der Waals surface area contributed by atoms with E-state index in [2.05, 4.69) is 37.3 Å². The standard InChI is InChI=1S/C25H26O3/c1-5-6-7-8-18-9-11-19(12-10-18)22-14-27-23-17(4)24-20(13-21(22)23)15(2)16(3)25(26)28-24/h9-14H,5-8H2,1-4H3. The average Bonchev–Trinajstić information content (AvgIpc) is 3.12. The van der Waals surface area contributed by atoms with E-state index in [-0.39, 0.29) is 5.63 Å². The zero-order valence-electron chi connectivity index (χ0n) is 17.0. The topological polar surface area (TPSA) is 43.4 Å². The van der Waals surface area contributed by atoms with E-state index in [4.69, 9.17) is 8.83 Å². The molecule has 0 radical (unpaired) electrons. The molecule has 144 valence electrons. The fourth-order valence-electron chi connectivity index (χ4n) is 3.90. The van der Waals surface area contributed by atoms with Crippen LogP contribution in [0.4, 0.5) is 0 Å². The molecule has 0 bridgehead atoms. The van der Waals surface area contributed by atoms with Crippen LogP contribution >= 0.6 is 0 Å². The highest BCUT2D eigenvalue weighted by Gasteiger charge is 2.17. The van der Waals surface area contributed by atoms with Crippen molar-refractivity contribution >= 4 is 21.9 Å². The Hall–Kier alpha value is -2.81. The normalized spacial score (nSPS) is 11.6. The highest BCUT2D eigenvalue weighted by atomic mass is 16.4. The van der Waals surface area contributed by atoms with E-state index in [9.17, 15) is 4.79 Å². The number of aryl methyl sites for hydroxylation is 3. The minimum absolute atomic E-state index is 0.280. The molecular formula is C25H26O3. The fourth-order valence-corrected chi connectivity index (χ4v) is 3.90. The number of benzene rings is 2. The van der Waals surface area contributed by atoms with Crippen molar-refractivity contribution in [1.29, 1.82) is 0 Å². The number of hydrogen-bond donors (Lipinski definition) is 0. The van der Waals surface area contributed by atoms with Gasteiger partial charge in [0.05, 0.1) is 6.26 Å². The first-order valence-electron chi connectivity index (χ1n) is 10.1. The Morgan fingerprint density at radius 3 is 2.32 bits per heavy atom. The largest absolute Gasteiger partial charge is 0.463 e. The van der Waals surface area contributed by atoms with Gasteiger partial charge >= 0.3 is 5.63 Å². The molecule has 2 aromatic carbocycles. The molecule has 4 rings (SSSR count). The smallest absolute Gasteiger partial charge is 0.339 e. The number of unbranched alkanes of at least 4 members (excludes halogenated alkanes) is 2. The van der Waals surface area contributed by atoms with Gasteiger partial charge < -0.3 is 8.83 Å². The highest BCUT2D eigenvalue weighted by Crippen LogP contribution is 2.37. The minimum atomic E-state index is -0.280. The molecule has 0 amide bonds. The molecule has 0 spiro atoms. The van der Waals surface area contributed by atoms with Crippen molar-refractivity contribution in [2.75, 3.05) is 0 Å². The Labute approximate surface area is 165 Å². The molecule has 0 fully saturated rings. The Kier molecular flexibility index (Phi) is 4.84. The van der Waals surface area contributed by atoms with E-state index >= 15 is 0 Å². The fraction of sp³-hybridized carbons (Fsp3) is 0.320. The maximum Gasteiger partial charge on any atom is 0.339 e. The van der Waals surface area contributed by atoms with E-state index < -0.39 is 0 Å². The van der Waals surface area contributed by atoms with Crippen molar-refractivity contribution in [3.8, 4) is 11.1 Å². The third kappa shape index (κ3) is 3.05. The van der Waals surface area contributed by atoms with Crippen LogP contribution in [-0.4, -0.2) is 0 Å². The van der Waals surface area contributed by atoms with Gasteiger partial charge in [-0.15, -0.1) is 0 Å². The van der Waals surface area contributed by atoms with Crippen LogP contribution in [0.2, 0.25) is 0 Å². The first-order chi connectivity index (χ1) is 13.5. The van der Waals surface area contributed by atoms with Gasteiger partial charge in [0.2, 0.25) is 0 Å². The molecule has 3 heteroatoms. The number of furan rings is 1. The van der Waals surface area contributed by atoms with E-state index in [0.29, 0.717) is 11.1 Å². The summed E-state index contributed by atoms with van der Waals surface area (Å²) in [5, 5.41) is 2.03. The molecular weight excluding hydrogens is 348 g/mol. The Morgan fingerprint density at radius 2 is 1.61 bits per heavy atom. The summed E-state index contributed by atoms with van der Waals surface area (Å²) >= 11 is 0. The van der Waals surface area contributed by atoms with Crippen LogP contribution in [0.5, 0.6) is 0 Å². The second-order valence-electron chi connectivity index (χ2n) is 7.70. The third-order valence-corrected chi connectivity index (χ3v) is 5.85. The molecule has 0 unspecified atom stereocenters. The van der Waals surface area contributed by atoms with Gasteiger partial charge in [-0.05, 0) is 56.4 Å². The van der Waals surface area contributed by atoms with Crippen molar-refractivity contribution in [1.82, 2.24) is 0 Å². The van der Waals surface area contributed by atoms with Crippen LogP contribution in [0.25, 0.3) is 33.1 Å². The Morgan fingerprint density at radius 1 is 0.857 bits per heavy atom. The summed E-state index contributed by atoms with van der Waals surface area (Å²) in [4.78, 5) is 12.1. The lowest BCUT2D eigenvalue weighted by molar-refractivity contribution is 0.549. The SMILES string of the molecule is CCCCCc1ccc(-c2coc3c(C)c4oc(=O)c(C)c(C)c4cc23)cc1. The second-order valence-corrected chi connectivity index (χ2v) is 7.70. The molecule has 0 aliphatic rings. The molecule has 0 aliphatic heterocycles. The Bertz CT molecular complexity index is 1210. The maximum atomic E-state index is 12.1. The predicted molar refractivity (Wildman–Crippen MR) is 115 cm³/mol. The zero-order valence-corrected chi connectivity index (χ0v) is 17.0. The quantitative estimate of drug-likeness (QED) is 0.283. The summed E-state index contributed by atoms with van der Waals surface area (Å²) in [6.45, 7) is 7.97. The van der Waals surface area contributed by atoms with E-state index in [1.807, 2.05) is 27.0 Å². The van der Waals surface area contributed by atoms with Crippen LogP contribution < -0.4 is 5.63 Å². The van der Waals surface area contributed by atoms with Crippen LogP contribution in [0.1, 0.15) is 48.4 Å². The van der Waals surface area contributed by atoms with Crippen molar-refractivity contribution in [3.63, 3.8) is 0 Å². The summed E-state index contributed by atoms with van der Waals surface area (Å²) in [6.07, 6.45) is 6.69. The van der Waals surface area contributed by atoms with Crippen molar-refractivity contribution < 1.29 is 8.83 Å². The lowest BCUT2D eigenvalue weighted by atomic mass is 9.97. The molecule has 2 aromatic heterocycles. The van der Waals surface area contributed by atoms with E-state index in [1.54, 1.807) is 0 Å². The van der Waals surface area contributed by atoms with Gasteiger partial charge in [-0.1, -0.05) is 44.0 Å². The molecule has 0 saturated heterocycles. The van der Waals surface area contributed by atoms with E-state index in [1.165, 1.54) is 24.8 Å². The third-order valence-electron chi connectivity index (χ3n) is 5.85. The molecule has 0 atom stereocenters. The molecule has 0 saturated carbocycles. The average molecular weight is 374 g/mol. The van der Waals surface area contributed by atoms with Crippen molar-refractivity contribution in [2.24, 2.45) is 0 Å². The van der Waals surface area contributed by atoms with Gasteiger partial charge in [-0.2, -0.15) is 0 Å². The first-order valence-corrected chi connectivity index (χ1v) is 10.1. The molecule has 0 aliphatic carbocycles. The van der Waals surface area contributed by atoms with Crippen LogP contribution in [0.3, 0.4) is 0 Å². The van der Waals surface area contributed by atoms with Crippen LogP contribution in [-0.2, 0) is 6.42 Å². The summed E-state index contributed by atoms with van der Waals surface area (Å²) in [5.74, 6) is 0. The van der Waals surface area contributed by atoms with Crippen molar-refractivity contribution in [3.05, 3.63) is 69.3 Å². The number of fused-ring (bicyclic) bond motifs is 2. The van der Waals surface area contributed by atoms with Gasteiger partial charge in [0.15, 0.2) is 0 Å². The van der Waals surface area contributed by atoms with E-state index in [0.717, 1.165) is 45.0 Å². The molecule has 3 nitrogen and oxygen atoms in total. The van der Waals surface area contributed by atoms with Gasteiger partial charge in [0, 0.05) is 27.5 Å². The van der Waals surface area contributed by atoms with Crippen LogP contribution in [0, 0.1) is 20.8 Å². The molecule has 0 N–H and O–H groups in total. The second kappa shape index (κ2) is 7.31. The van der Waals surface area contributed by atoms with Crippen molar-refractivity contribution in [2.45, 2.75) is 53.4 Å². The highest BCUT2D eigenvalue weighted by molar-refractivity contribution is 6.04. The Balaban J connectivity index is 1.83. The lowest BCUT2D eigenvalue weighted by Gasteiger charge is -2.08. The maximum absolute atomic E-state index is 12.1. The van der Waals surface area contributed by atoms with Gasteiger partial charge in [-0.3, -0.25) is 0 Å². The number of hydrogen-bond acceptors (Lipinski definition) is 3. The monoisotopic (exact) mass is 374 g/mol. The minimum Gasteiger partial charge on any atom is -0.463 e. The summed E-state index contributed by atoms with van der Waals surface area (Å²) in [6, 6.07) is 10.9. The molecule has 28 heavy (non-hydrogen) atoms. The van der Waals surface area contributed by atoms with Gasteiger partial charge in [0.25, 0.3) is 0 Å². The summed E-state index contributed by atoms with van der Waals surface area (Å²) < 4.78 is 11.5. The van der Waals surface area contributed by atoms with Gasteiger partial charge in [0.1, 0.15) is 11.2 Å². The van der Waals surface area contributed by atoms with Gasteiger partial charge in [-0.25, -0.2) is 4.79 Å². The summed E-state index contributed by atoms with van der Waals surface area (Å²) in [7, 11) is 0. The lowest BCUT2D eigenvalue weighted by Crippen LogP contribution is -2.06. The van der Waals surface area contributed by atoms with Crippen LogP contribution in [0.15, 0.2) is 50.2 Å². The molecule has 4 aromatic rings. The first kappa shape index (κ1) is 18.5. The molecule has 2 heterocycles. The predicted octanol–water partition coefficient (Wildman–Crippen LogP) is 6.86.